The van der Waals surface area contributed by atoms with Crippen LogP contribution < -0.4 is 14.7 Å². The van der Waals surface area contributed by atoms with E-state index in [4.69, 9.17) is 0 Å². The van der Waals surface area contributed by atoms with Gasteiger partial charge in [-0.2, -0.15) is 0 Å². The predicted octanol–water partition coefficient (Wildman–Crippen LogP) is 34.6. The lowest BCUT2D eigenvalue weighted by molar-refractivity contribution is -0.0399. The van der Waals surface area contributed by atoms with E-state index < -0.39 is 0 Å². The van der Waals surface area contributed by atoms with E-state index >= 15 is 0 Å². The Morgan fingerprint density at radius 2 is 0.440 bits per heavy atom. The average molecular weight is 1730 g/mol. The number of hydrogen-bond acceptors (Lipinski definition) is 3. The number of benzene rings is 17. The Morgan fingerprint density at radius 3 is 0.858 bits per heavy atom. The SMILES string of the molecule is CC1(C)c2ccccc2-c2cc(N(c3ccccc3)c3ccc4c(c3)-c3ccccc3C43C4CC5CC(C4)CC3C5)ccc21.c1ccc(N(c2cccc(-c3ccc4ccccc4c3)c2)c2ccc3c(c2)-c2ccccc2C32C3CC4CC(C3)CC2C4)cc1.c1ccc(N(c2cccc(-c3cccc4ccccc34)c2)c2ccc3c(c2)-c2ccccc2C32C3CC4CC(C3)CC2C4)cc1. The first-order valence-electron chi connectivity index (χ1n) is 50.8. The lowest BCUT2D eigenvalue weighted by atomic mass is 9.43. The molecular weight excluding hydrogens is 1620 g/mol. The summed E-state index contributed by atoms with van der Waals surface area (Å²) in [5, 5.41) is 5.12. The van der Waals surface area contributed by atoms with E-state index in [1.54, 1.807) is 33.4 Å². The summed E-state index contributed by atoms with van der Waals surface area (Å²) in [6, 6.07) is 149. The van der Waals surface area contributed by atoms with Crippen molar-refractivity contribution in [2.45, 2.75) is 132 Å². The molecule has 0 radical (unpaired) electrons. The number of nitrogens with zero attached hydrogens (tertiary/aromatic N) is 3. The van der Waals surface area contributed by atoms with Crippen LogP contribution in [0.15, 0.2) is 394 Å². The summed E-state index contributed by atoms with van der Waals surface area (Å²) >= 11 is 0. The van der Waals surface area contributed by atoms with Crippen LogP contribution in [0.2, 0.25) is 0 Å². The Bertz CT molecular complexity index is 7460. The Balaban J connectivity index is 0.000000100. The van der Waals surface area contributed by atoms with Crippen molar-refractivity contribution in [2.75, 3.05) is 14.7 Å². The van der Waals surface area contributed by atoms with Crippen molar-refractivity contribution in [3.63, 3.8) is 0 Å². The molecule has 0 aromatic heterocycles. The lowest BCUT2D eigenvalue weighted by Gasteiger charge is -2.61. The Morgan fingerprint density at radius 1 is 0.172 bits per heavy atom. The highest BCUT2D eigenvalue weighted by Crippen LogP contribution is 2.74. The van der Waals surface area contributed by atoms with Crippen molar-refractivity contribution in [2.24, 2.45) is 71.0 Å². The Labute approximate surface area is 790 Å². The van der Waals surface area contributed by atoms with Crippen LogP contribution in [0, 0.1) is 71.0 Å². The lowest BCUT2D eigenvalue weighted by Crippen LogP contribution is -2.55. The highest BCUT2D eigenvalue weighted by Gasteiger charge is 2.65. The molecule has 3 spiro atoms. The maximum absolute atomic E-state index is 2.55. The van der Waals surface area contributed by atoms with E-state index in [9.17, 15) is 0 Å². The molecule has 0 aliphatic heterocycles. The molecule has 12 bridgehead atoms. The van der Waals surface area contributed by atoms with E-state index in [2.05, 4.69) is 423 Å². The number of rotatable bonds is 11. The van der Waals surface area contributed by atoms with Crippen LogP contribution in [0.3, 0.4) is 0 Å². The Hall–Kier alpha value is -13.3. The van der Waals surface area contributed by atoms with Gasteiger partial charge in [-0.3, -0.25) is 0 Å². The molecule has 17 aromatic rings. The molecule has 0 unspecified atom stereocenters. The molecule has 17 aromatic carbocycles. The summed E-state index contributed by atoms with van der Waals surface area (Å²) < 4.78 is 0. The van der Waals surface area contributed by atoms with Gasteiger partial charge in [-0.25, -0.2) is 0 Å². The predicted molar refractivity (Wildman–Crippen MR) is 557 cm³/mol. The van der Waals surface area contributed by atoms with Gasteiger partial charge in [0.2, 0.25) is 0 Å². The highest BCUT2D eigenvalue weighted by molar-refractivity contribution is 5.99. The first-order valence-corrected chi connectivity index (χ1v) is 50.8. The molecule has 0 amide bonds. The van der Waals surface area contributed by atoms with Crippen molar-refractivity contribution in [3.05, 3.63) is 439 Å². The van der Waals surface area contributed by atoms with Gasteiger partial charge in [0, 0.05) is 72.8 Å². The van der Waals surface area contributed by atoms with Gasteiger partial charge in [-0.05, 0) is 415 Å². The van der Waals surface area contributed by atoms with E-state index in [-0.39, 0.29) is 21.7 Å². The molecule has 33 rings (SSSR count). The number of anilines is 9. The smallest absolute Gasteiger partial charge is 0.0468 e. The Kier molecular flexibility index (Phi) is 18.1. The van der Waals surface area contributed by atoms with Gasteiger partial charge in [-0.15, -0.1) is 0 Å². The number of fused-ring (bicyclic) bond motifs is 14. The van der Waals surface area contributed by atoms with Crippen LogP contribution in [-0.4, -0.2) is 0 Å². The van der Waals surface area contributed by atoms with Crippen LogP contribution in [0.1, 0.15) is 155 Å². The third kappa shape index (κ3) is 11.9. The summed E-state index contributed by atoms with van der Waals surface area (Å²) in [4.78, 5) is 7.40. The summed E-state index contributed by atoms with van der Waals surface area (Å²) in [5.41, 5.74) is 40.6. The first-order chi connectivity index (χ1) is 66.1. The average Bonchev–Trinajstić information content (AvgIpc) is 1.51. The molecule has 3 heteroatoms. The molecule has 3 nitrogen and oxygen atoms in total. The topological polar surface area (TPSA) is 9.72 Å². The quantitative estimate of drug-likeness (QED) is 0.128. The fourth-order valence-electron chi connectivity index (χ4n) is 32.3. The minimum absolute atomic E-state index is 0.00624. The van der Waals surface area contributed by atoms with Gasteiger partial charge >= 0.3 is 0 Å². The van der Waals surface area contributed by atoms with Crippen LogP contribution in [-0.2, 0) is 21.7 Å². The van der Waals surface area contributed by atoms with Crippen LogP contribution in [0.4, 0.5) is 51.2 Å². The molecule has 16 aliphatic rings. The zero-order chi connectivity index (χ0) is 88.3. The molecule has 0 heterocycles. The molecule has 134 heavy (non-hydrogen) atoms. The number of hydrogen-bond donors (Lipinski definition) is 0. The molecule has 12 fully saturated rings. The zero-order valence-electron chi connectivity index (χ0n) is 76.9. The molecule has 0 N–H and O–H groups in total. The van der Waals surface area contributed by atoms with Gasteiger partial charge in [0.15, 0.2) is 0 Å². The zero-order valence-corrected chi connectivity index (χ0v) is 76.9. The normalized spacial score (nSPS) is 26.1. The van der Waals surface area contributed by atoms with Crippen molar-refractivity contribution < 1.29 is 0 Å². The molecule has 0 saturated heterocycles. The van der Waals surface area contributed by atoms with E-state index in [0.29, 0.717) is 0 Å². The standard InChI is InChI=1S/2C44H37N.C43H39N/c1-2-13-35(14-3-1)45(36-15-8-12-32(27-36)39-18-9-11-31-10-4-5-16-38(31)39)37-20-21-43-41(28-37)40-17-6-7-19-42(40)44(43)33-23-29-22-30(25-33)26-34(44)24-29;1-2-12-37(13-3-1)45(38-14-8-11-33(27-38)34-18-17-31-9-4-5-10-32(31)26-34)39-19-20-43-41(28-39)40-15-6-7-16-42(40)44(43)35-22-29-21-30(24-35)25-36(44)23-29;1-42(2)38-14-8-6-12-34(38)36-25-32(16-18-39(36)42)44(31-10-4-3-5-11-31)33-17-19-41-37(26-33)35-13-7-9-15-40(35)43(41)29-21-27-20-28(23-29)24-30(43)22-27/h1-21,27-30,33-34H,22-26H2;1-20,26-30,35-36H,21-25H2;3-19,25-30H,20-24H2,1-2H3. The van der Waals surface area contributed by atoms with Crippen LogP contribution in [0.25, 0.3) is 88.3 Å². The van der Waals surface area contributed by atoms with Crippen LogP contribution in [0.5, 0.6) is 0 Å². The monoisotopic (exact) mass is 1730 g/mol. The van der Waals surface area contributed by atoms with E-state index in [1.807, 2.05) is 0 Å². The summed E-state index contributed by atoms with van der Waals surface area (Å²) in [6.07, 6.45) is 21.5. The summed E-state index contributed by atoms with van der Waals surface area (Å²) in [7, 11) is 0. The van der Waals surface area contributed by atoms with Gasteiger partial charge in [0.1, 0.15) is 0 Å². The van der Waals surface area contributed by atoms with E-state index in [0.717, 1.165) is 71.0 Å². The summed E-state index contributed by atoms with van der Waals surface area (Å²) in [6.45, 7) is 4.73. The van der Waals surface area contributed by atoms with Crippen LogP contribution >= 0.6 is 0 Å². The molecule has 12 saturated carbocycles. The molecule has 652 valence electrons. The maximum atomic E-state index is 2.55. The largest absolute Gasteiger partial charge is 0.310 e. The van der Waals surface area contributed by atoms with Gasteiger partial charge < -0.3 is 14.7 Å². The van der Waals surface area contributed by atoms with Gasteiger partial charge in [-0.1, -0.05) is 293 Å². The van der Waals surface area contributed by atoms with Crippen molar-refractivity contribution >= 4 is 72.7 Å². The third-order valence-corrected chi connectivity index (χ3v) is 36.6. The maximum Gasteiger partial charge on any atom is 0.0468 e. The number of para-hydroxylation sites is 3. The third-order valence-electron chi connectivity index (χ3n) is 36.6. The minimum atomic E-state index is 0.00624. The van der Waals surface area contributed by atoms with E-state index in [1.165, 1.54) is 247 Å². The van der Waals surface area contributed by atoms with Gasteiger partial charge in [0.05, 0.1) is 0 Å². The molecule has 16 aliphatic carbocycles. The van der Waals surface area contributed by atoms with Crippen molar-refractivity contribution in [1.82, 2.24) is 0 Å². The second-order valence-corrected chi connectivity index (χ2v) is 43.4. The van der Waals surface area contributed by atoms with Crippen molar-refractivity contribution in [3.8, 4) is 66.8 Å². The van der Waals surface area contributed by atoms with Crippen molar-refractivity contribution in [1.29, 1.82) is 0 Å². The highest BCUT2D eigenvalue weighted by atomic mass is 15.2. The second-order valence-electron chi connectivity index (χ2n) is 43.4. The summed E-state index contributed by atoms with van der Waals surface area (Å²) in [5.74, 6) is 10.5. The fraction of sp³-hybridized carbons (Fsp3) is 0.252. The molecular formula is C131H113N3. The fourth-order valence-corrected chi connectivity index (χ4v) is 32.3. The first kappa shape index (κ1) is 79.2. The minimum Gasteiger partial charge on any atom is -0.310 e. The van der Waals surface area contributed by atoms with Gasteiger partial charge in [0.25, 0.3) is 0 Å². The molecule has 0 atom stereocenters. The second kappa shape index (κ2) is 30.6.